The molecule has 1 atom stereocenters. The third-order valence-electron chi connectivity index (χ3n) is 2.59. The number of Topliss-reactive ketones (excluding diaryl/α,β-unsaturated/α-hetero) is 1. The molecule has 1 N–H and O–H groups in total. The second-order valence-electron chi connectivity index (χ2n) is 4.00. The topological polar surface area (TPSA) is 66.8 Å². The van der Waals surface area contributed by atoms with E-state index in [1.807, 2.05) is 4.90 Å². The number of likely N-dealkylation sites (tertiary alicyclic amines) is 1. The van der Waals surface area contributed by atoms with Crippen molar-refractivity contribution in [3.63, 3.8) is 0 Å². The summed E-state index contributed by atoms with van der Waals surface area (Å²) in [4.78, 5) is 24.1. The molecule has 1 rings (SSSR count). The zero-order valence-corrected chi connectivity index (χ0v) is 9.65. The Morgan fingerprint density at radius 1 is 1.50 bits per heavy atom. The highest BCUT2D eigenvalue weighted by Gasteiger charge is 2.20. The van der Waals surface area contributed by atoms with Crippen molar-refractivity contribution in [3.05, 3.63) is 0 Å². The fraction of sp³-hybridized carbons (Fsp3) is 0.818. The molecule has 16 heavy (non-hydrogen) atoms. The van der Waals surface area contributed by atoms with Crippen LogP contribution in [0.5, 0.6) is 0 Å². The van der Waals surface area contributed by atoms with Crippen molar-refractivity contribution < 1.29 is 19.4 Å². The van der Waals surface area contributed by atoms with Gasteiger partial charge in [0.25, 0.3) is 0 Å². The molecule has 92 valence electrons. The van der Waals surface area contributed by atoms with Gasteiger partial charge in [0.2, 0.25) is 0 Å². The molecule has 5 heteroatoms. The van der Waals surface area contributed by atoms with Crippen LogP contribution in [0.2, 0.25) is 0 Å². The monoisotopic (exact) mass is 229 g/mol. The third-order valence-corrected chi connectivity index (χ3v) is 2.59. The maximum absolute atomic E-state index is 11.1. The number of hydrogen-bond acceptors (Lipinski definition) is 5. The number of carbonyl (C=O) groups excluding carboxylic acids is 2. The number of aliphatic hydroxyl groups excluding tert-OH is 1. The summed E-state index contributed by atoms with van der Waals surface area (Å²) in [6, 6.07) is 0. The lowest BCUT2D eigenvalue weighted by Crippen LogP contribution is -2.39. The van der Waals surface area contributed by atoms with Crippen LogP contribution in [0.3, 0.4) is 0 Å². The quantitative estimate of drug-likeness (QED) is 0.670. The highest BCUT2D eigenvalue weighted by Crippen LogP contribution is 2.07. The lowest BCUT2D eigenvalue weighted by molar-refractivity contribution is -0.145. The molecule has 0 radical (unpaired) electrons. The fourth-order valence-electron chi connectivity index (χ4n) is 1.76. The number of nitrogens with zero attached hydrogens (tertiary/aromatic N) is 1. The minimum absolute atomic E-state index is 0.0261. The molecular formula is C11H19NO4. The van der Waals surface area contributed by atoms with Crippen LogP contribution in [0.25, 0.3) is 0 Å². The van der Waals surface area contributed by atoms with E-state index in [2.05, 4.69) is 0 Å². The van der Waals surface area contributed by atoms with Crippen molar-refractivity contribution in [2.24, 2.45) is 0 Å². The second kappa shape index (κ2) is 6.60. The highest BCUT2D eigenvalue weighted by molar-refractivity contribution is 5.79. The van der Waals surface area contributed by atoms with Gasteiger partial charge in [0, 0.05) is 32.5 Å². The number of ether oxygens (including phenoxy) is 1. The highest BCUT2D eigenvalue weighted by atomic mass is 16.5. The molecule has 1 unspecified atom stereocenters. The number of piperidine rings is 1. The smallest absolute Gasteiger partial charge is 0.308 e. The van der Waals surface area contributed by atoms with Gasteiger partial charge < -0.3 is 9.84 Å². The van der Waals surface area contributed by atoms with Crippen LogP contribution >= 0.6 is 0 Å². The molecule has 1 aliphatic rings. The molecule has 0 amide bonds. The van der Waals surface area contributed by atoms with Crippen LogP contribution in [0.1, 0.15) is 26.2 Å². The lowest BCUT2D eigenvalue weighted by Gasteiger charge is -2.27. The van der Waals surface area contributed by atoms with Crippen molar-refractivity contribution >= 4 is 11.8 Å². The number of hydrogen-bond donors (Lipinski definition) is 1. The summed E-state index contributed by atoms with van der Waals surface area (Å²) in [6.45, 7) is 3.87. The zero-order valence-electron chi connectivity index (χ0n) is 9.65. The standard InChI is InChI=1S/C11H19NO4/c1-2-16-11(15)7-10(14)8-12-5-3-9(13)4-6-12/h10,14H,2-8H2,1H3. The van der Waals surface area contributed by atoms with Gasteiger partial charge in [0.1, 0.15) is 5.78 Å². The molecule has 5 nitrogen and oxygen atoms in total. The summed E-state index contributed by atoms with van der Waals surface area (Å²) >= 11 is 0. The molecule has 1 heterocycles. The van der Waals surface area contributed by atoms with Gasteiger partial charge in [-0.2, -0.15) is 0 Å². The zero-order chi connectivity index (χ0) is 12.0. The number of carbonyl (C=O) groups is 2. The minimum Gasteiger partial charge on any atom is -0.466 e. The van der Waals surface area contributed by atoms with Crippen molar-refractivity contribution in [3.8, 4) is 0 Å². The van der Waals surface area contributed by atoms with E-state index in [4.69, 9.17) is 4.74 Å². The Morgan fingerprint density at radius 2 is 2.12 bits per heavy atom. The average Bonchev–Trinajstić information content (AvgIpc) is 2.21. The molecule has 0 bridgehead atoms. The predicted molar refractivity (Wildman–Crippen MR) is 57.9 cm³/mol. The Bertz CT molecular complexity index is 244. The number of ketones is 1. The average molecular weight is 229 g/mol. The molecule has 1 saturated heterocycles. The number of β-amino-alcohol motifs (C(OH)–C–C–N with tert-alkyl or cyclic N) is 1. The van der Waals surface area contributed by atoms with E-state index in [0.29, 0.717) is 39.1 Å². The van der Waals surface area contributed by atoms with Crippen LogP contribution in [0.4, 0.5) is 0 Å². The van der Waals surface area contributed by atoms with E-state index in [0.717, 1.165) is 0 Å². The largest absolute Gasteiger partial charge is 0.466 e. The first-order chi connectivity index (χ1) is 7.61. The van der Waals surface area contributed by atoms with E-state index in [1.54, 1.807) is 6.92 Å². The van der Waals surface area contributed by atoms with Gasteiger partial charge in [-0.1, -0.05) is 0 Å². The Hall–Kier alpha value is -0.940. The van der Waals surface area contributed by atoms with Gasteiger partial charge in [-0.05, 0) is 6.92 Å². The summed E-state index contributed by atoms with van der Waals surface area (Å²) in [7, 11) is 0. The molecule has 1 fully saturated rings. The minimum atomic E-state index is -0.702. The van der Waals surface area contributed by atoms with Crippen LogP contribution in [-0.4, -0.2) is 54.1 Å². The SMILES string of the molecule is CCOC(=O)CC(O)CN1CCC(=O)CC1. The van der Waals surface area contributed by atoms with Crippen molar-refractivity contribution in [1.29, 1.82) is 0 Å². The summed E-state index contributed by atoms with van der Waals surface area (Å²) in [5.74, 6) is -0.0979. The van der Waals surface area contributed by atoms with Crippen LogP contribution < -0.4 is 0 Å². The number of rotatable bonds is 5. The summed E-state index contributed by atoms with van der Waals surface area (Å²) in [6.07, 6.45) is 0.420. The third kappa shape index (κ3) is 4.72. The van der Waals surface area contributed by atoms with Gasteiger partial charge in [0.05, 0.1) is 19.1 Å². The lowest BCUT2D eigenvalue weighted by atomic mass is 10.1. The molecule has 0 aromatic rings. The first-order valence-corrected chi connectivity index (χ1v) is 5.69. The maximum Gasteiger partial charge on any atom is 0.308 e. The van der Waals surface area contributed by atoms with E-state index >= 15 is 0 Å². The summed E-state index contributed by atoms with van der Waals surface area (Å²) in [5, 5.41) is 9.64. The Kier molecular flexibility index (Phi) is 5.42. The molecule has 1 aliphatic heterocycles. The Morgan fingerprint density at radius 3 is 2.69 bits per heavy atom. The van der Waals surface area contributed by atoms with Crippen LogP contribution in [-0.2, 0) is 14.3 Å². The summed E-state index contributed by atoms with van der Waals surface area (Å²) in [5.41, 5.74) is 0. The number of esters is 1. The van der Waals surface area contributed by atoms with E-state index in [-0.39, 0.29) is 18.2 Å². The molecule has 0 saturated carbocycles. The van der Waals surface area contributed by atoms with Crippen LogP contribution in [0.15, 0.2) is 0 Å². The Labute approximate surface area is 95.4 Å². The molecule has 0 spiro atoms. The first-order valence-electron chi connectivity index (χ1n) is 5.69. The van der Waals surface area contributed by atoms with Gasteiger partial charge in [-0.3, -0.25) is 14.5 Å². The first kappa shape index (κ1) is 13.1. The molecular weight excluding hydrogens is 210 g/mol. The van der Waals surface area contributed by atoms with Crippen molar-refractivity contribution in [2.75, 3.05) is 26.2 Å². The second-order valence-corrected chi connectivity index (χ2v) is 4.00. The van der Waals surface area contributed by atoms with E-state index in [1.165, 1.54) is 0 Å². The normalized spacial score (nSPS) is 19.5. The van der Waals surface area contributed by atoms with Gasteiger partial charge >= 0.3 is 5.97 Å². The maximum atomic E-state index is 11.1. The molecule has 0 aliphatic carbocycles. The van der Waals surface area contributed by atoms with Gasteiger partial charge in [-0.25, -0.2) is 0 Å². The Balaban J connectivity index is 2.20. The molecule has 0 aromatic heterocycles. The summed E-state index contributed by atoms with van der Waals surface area (Å²) < 4.78 is 4.75. The van der Waals surface area contributed by atoms with Crippen molar-refractivity contribution in [2.45, 2.75) is 32.3 Å². The van der Waals surface area contributed by atoms with E-state index < -0.39 is 6.10 Å². The van der Waals surface area contributed by atoms with E-state index in [9.17, 15) is 14.7 Å². The number of aliphatic hydroxyl groups is 1. The van der Waals surface area contributed by atoms with Crippen molar-refractivity contribution in [1.82, 2.24) is 4.90 Å². The predicted octanol–water partition coefficient (Wildman–Crippen LogP) is -0.0346. The van der Waals surface area contributed by atoms with Gasteiger partial charge in [0.15, 0.2) is 0 Å². The van der Waals surface area contributed by atoms with Gasteiger partial charge in [-0.15, -0.1) is 0 Å². The van der Waals surface area contributed by atoms with Crippen LogP contribution in [0, 0.1) is 0 Å². The molecule has 0 aromatic carbocycles. The fourth-order valence-corrected chi connectivity index (χ4v) is 1.76.